The van der Waals surface area contributed by atoms with E-state index in [1.54, 1.807) is 43.5 Å². The number of fused-ring (bicyclic) bond motifs is 3. The van der Waals surface area contributed by atoms with Crippen LogP contribution in [0.2, 0.25) is 0 Å². The van der Waals surface area contributed by atoms with Crippen LogP contribution in [0.3, 0.4) is 0 Å². The highest BCUT2D eigenvalue weighted by Crippen LogP contribution is 2.71. The maximum Gasteiger partial charge on any atom is 0.303 e. The number of carbonyl (C=O) groups excluding carboxylic acids is 2. The van der Waals surface area contributed by atoms with E-state index < -0.39 is 47.2 Å². The molecule has 1 unspecified atom stereocenters. The van der Waals surface area contributed by atoms with Gasteiger partial charge >= 0.3 is 5.97 Å². The van der Waals surface area contributed by atoms with Crippen molar-refractivity contribution in [2.75, 3.05) is 27.9 Å². The van der Waals surface area contributed by atoms with Gasteiger partial charge < -0.3 is 38.8 Å². The molecular formula is C33H35NO9. The molecule has 1 saturated carbocycles. The van der Waals surface area contributed by atoms with Gasteiger partial charge in [-0.3, -0.25) is 9.59 Å². The third kappa shape index (κ3) is 4.39. The van der Waals surface area contributed by atoms with Gasteiger partial charge in [0.1, 0.15) is 29.2 Å². The number of esters is 1. The summed E-state index contributed by atoms with van der Waals surface area (Å²) in [6.07, 6.45) is -0.434. The van der Waals surface area contributed by atoms with Crippen molar-refractivity contribution in [2.45, 2.75) is 49.2 Å². The molecule has 6 rings (SSSR count). The average molecular weight is 590 g/mol. The Bertz CT molecular complexity index is 1500. The van der Waals surface area contributed by atoms with Crippen molar-refractivity contribution >= 4 is 11.9 Å². The lowest BCUT2D eigenvalue weighted by Crippen LogP contribution is -2.53. The van der Waals surface area contributed by atoms with Gasteiger partial charge in [-0.05, 0) is 36.1 Å². The fraction of sp³-hybridized carbons (Fsp3) is 0.394. The lowest BCUT2D eigenvalue weighted by molar-refractivity contribution is -0.183. The minimum absolute atomic E-state index is 0.256. The van der Waals surface area contributed by atoms with Crippen LogP contribution < -0.4 is 24.3 Å². The quantitative estimate of drug-likeness (QED) is 0.378. The molecule has 3 aliphatic rings. The summed E-state index contributed by atoms with van der Waals surface area (Å²) in [6, 6.07) is 19.7. The first-order valence-electron chi connectivity index (χ1n) is 14.2. The summed E-state index contributed by atoms with van der Waals surface area (Å²) >= 11 is 0. The summed E-state index contributed by atoms with van der Waals surface area (Å²) in [4.78, 5) is 27.2. The molecule has 3 aromatic rings. The number of nitrogens with one attached hydrogen (secondary N) is 1. The molecule has 2 aliphatic heterocycles. The van der Waals surface area contributed by atoms with Gasteiger partial charge in [-0.25, -0.2) is 0 Å². The van der Waals surface area contributed by atoms with Crippen LogP contribution in [0, 0.1) is 5.92 Å². The lowest BCUT2D eigenvalue weighted by atomic mass is 9.70. The number of carbonyl (C=O) groups is 2. The second-order valence-corrected chi connectivity index (χ2v) is 11.0. The highest BCUT2D eigenvalue weighted by molar-refractivity contribution is 5.84. The van der Waals surface area contributed by atoms with Gasteiger partial charge in [0.25, 0.3) is 0 Å². The van der Waals surface area contributed by atoms with E-state index in [9.17, 15) is 14.7 Å². The van der Waals surface area contributed by atoms with Crippen molar-refractivity contribution in [2.24, 2.45) is 5.92 Å². The summed E-state index contributed by atoms with van der Waals surface area (Å²) in [5, 5.41) is 16.3. The highest BCUT2D eigenvalue weighted by Gasteiger charge is 2.79. The predicted molar refractivity (Wildman–Crippen MR) is 154 cm³/mol. The lowest BCUT2D eigenvalue weighted by Gasteiger charge is -2.41. The molecule has 0 radical (unpaired) electrons. The van der Waals surface area contributed by atoms with Gasteiger partial charge in [0.2, 0.25) is 5.91 Å². The first-order valence-corrected chi connectivity index (χ1v) is 14.2. The van der Waals surface area contributed by atoms with E-state index in [1.807, 2.05) is 30.3 Å². The van der Waals surface area contributed by atoms with Crippen LogP contribution in [-0.2, 0) is 30.3 Å². The van der Waals surface area contributed by atoms with Gasteiger partial charge in [-0.1, -0.05) is 42.5 Å². The number of benzene rings is 3. The van der Waals surface area contributed by atoms with Crippen LogP contribution in [0.4, 0.5) is 0 Å². The summed E-state index contributed by atoms with van der Waals surface area (Å²) < 4.78 is 35.4. The molecule has 3 aromatic carbocycles. The maximum atomic E-state index is 14.4. The Morgan fingerprint density at radius 1 is 0.953 bits per heavy atom. The zero-order valence-corrected chi connectivity index (χ0v) is 24.5. The molecular weight excluding hydrogens is 554 g/mol. The Kier molecular flexibility index (Phi) is 7.43. The Balaban J connectivity index is 1.68. The molecule has 10 nitrogen and oxygen atoms in total. The zero-order chi connectivity index (χ0) is 30.4. The molecule has 1 saturated heterocycles. The number of aliphatic hydroxyl groups is 1. The van der Waals surface area contributed by atoms with Gasteiger partial charge in [-0.2, -0.15) is 0 Å². The molecule has 43 heavy (non-hydrogen) atoms. The highest BCUT2D eigenvalue weighted by atomic mass is 16.6. The largest absolute Gasteiger partial charge is 0.497 e. The number of hydrogen-bond donors (Lipinski definition) is 2. The van der Waals surface area contributed by atoms with Gasteiger partial charge in [0.15, 0.2) is 17.3 Å². The maximum absolute atomic E-state index is 14.4. The molecule has 2 fully saturated rings. The normalized spacial score (nSPS) is 28.8. The van der Waals surface area contributed by atoms with Crippen molar-refractivity contribution in [1.29, 1.82) is 0 Å². The Morgan fingerprint density at radius 2 is 1.67 bits per heavy atom. The van der Waals surface area contributed by atoms with Crippen LogP contribution in [0.15, 0.2) is 66.7 Å². The second-order valence-electron chi connectivity index (χ2n) is 11.0. The minimum Gasteiger partial charge on any atom is -0.497 e. The van der Waals surface area contributed by atoms with Crippen molar-refractivity contribution in [3.05, 3.63) is 83.4 Å². The first kappa shape index (κ1) is 28.8. The van der Waals surface area contributed by atoms with Crippen LogP contribution in [-0.4, -0.2) is 57.3 Å². The van der Waals surface area contributed by atoms with Gasteiger partial charge in [0.05, 0.1) is 32.8 Å². The minimum atomic E-state index is -2.10. The molecule has 0 bridgehead atoms. The van der Waals surface area contributed by atoms with Crippen molar-refractivity contribution in [1.82, 2.24) is 5.32 Å². The summed E-state index contributed by atoms with van der Waals surface area (Å²) in [6.45, 7) is 1.78. The smallest absolute Gasteiger partial charge is 0.303 e. The van der Waals surface area contributed by atoms with E-state index in [0.29, 0.717) is 35.7 Å². The topological polar surface area (TPSA) is 122 Å². The molecule has 0 aromatic heterocycles. The third-order valence-corrected chi connectivity index (χ3v) is 8.75. The van der Waals surface area contributed by atoms with Crippen molar-refractivity contribution < 1.29 is 43.1 Å². The summed E-state index contributed by atoms with van der Waals surface area (Å²) in [5.41, 5.74) is -2.25. The van der Waals surface area contributed by atoms with E-state index >= 15 is 0 Å². The average Bonchev–Trinajstić information content (AvgIpc) is 3.68. The SMILES string of the molecule is COc1ccc([C@@]23Oc4cc(OC)cc(OC)c4[C@]2(O)[C@H](OC(C)=O)[C@H](C(=O)NC2CCCO2)[C@H]3c2ccccc2)cc1. The van der Waals surface area contributed by atoms with Gasteiger partial charge in [0, 0.05) is 31.6 Å². The summed E-state index contributed by atoms with van der Waals surface area (Å²) in [7, 11) is 4.55. The Hall–Kier alpha value is -4.28. The fourth-order valence-electron chi connectivity index (χ4n) is 7.05. The zero-order valence-electron chi connectivity index (χ0n) is 24.5. The van der Waals surface area contributed by atoms with Crippen LogP contribution in [0.1, 0.15) is 42.4 Å². The number of methoxy groups -OCH3 is 3. The second kappa shape index (κ2) is 11.1. The van der Waals surface area contributed by atoms with Crippen molar-refractivity contribution in [3.63, 3.8) is 0 Å². The molecule has 1 aliphatic carbocycles. The third-order valence-electron chi connectivity index (χ3n) is 8.75. The molecule has 1 amide bonds. The monoisotopic (exact) mass is 589 g/mol. The van der Waals surface area contributed by atoms with Gasteiger partial charge in [-0.15, -0.1) is 0 Å². The number of hydrogen-bond acceptors (Lipinski definition) is 9. The number of ether oxygens (including phenoxy) is 6. The van der Waals surface area contributed by atoms with Crippen molar-refractivity contribution in [3.8, 4) is 23.0 Å². The molecule has 2 heterocycles. The Morgan fingerprint density at radius 3 is 2.28 bits per heavy atom. The fourth-order valence-corrected chi connectivity index (χ4v) is 7.05. The molecule has 226 valence electrons. The number of rotatable bonds is 8. The van der Waals surface area contributed by atoms with E-state index in [-0.39, 0.29) is 17.1 Å². The van der Waals surface area contributed by atoms with Crippen LogP contribution >= 0.6 is 0 Å². The van der Waals surface area contributed by atoms with E-state index in [0.717, 1.165) is 6.42 Å². The standard InChI is InChI=1S/C33H35NO9/c1-19(35)42-30-27(31(36)34-26-11-8-16-41-26)28(20-9-6-5-7-10-20)33(21-12-14-22(38-2)15-13-21)32(30,37)29-24(40-4)17-23(39-3)18-25(29)43-33/h5-7,9-10,12-15,17-18,26-28,30,37H,8,11,16H2,1-4H3,(H,34,36)/t26?,27-,28-,30-,32+,33+/m1/s1. The van der Waals surface area contributed by atoms with Crippen LogP contribution in [0.25, 0.3) is 0 Å². The summed E-state index contributed by atoms with van der Waals surface area (Å²) in [5.74, 6) is -1.45. The molecule has 2 N–H and O–H groups in total. The molecule has 6 atom stereocenters. The Labute approximate surface area is 249 Å². The van der Waals surface area contributed by atoms with E-state index in [1.165, 1.54) is 21.1 Å². The van der Waals surface area contributed by atoms with E-state index in [4.69, 9.17) is 28.4 Å². The first-order chi connectivity index (χ1) is 20.8. The van der Waals surface area contributed by atoms with E-state index in [2.05, 4.69) is 5.32 Å². The number of amides is 1. The van der Waals surface area contributed by atoms with Crippen LogP contribution in [0.5, 0.6) is 23.0 Å². The predicted octanol–water partition coefficient (Wildman–Crippen LogP) is 3.79. The molecule has 0 spiro atoms. The molecule has 10 heteroatoms.